The highest BCUT2D eigenvalue weighted by atomic mass is 16.5. The lowest BCUT2D eigenvalue weighted by Gasteiger charge is -2.15. The van der Waals surface area contributed by atoms with Gasteiger partial charge in [0.25, 0.3) is 0 Å². The van der Waals surface area contributed by atoms with Gasteiger partial charge in [0.15, 0.2) is 0 Å². The molecule has 2 rings (SSSR count). The number of rotatable bonds is 7. The number of ether oxygens (including phenoxy) is 1. The van der Waals surface area contributed by atoms with E-state index in [2.05, 4.69) is 10.2 Å². The van der Waals surface area contributed by atoms with E-state index in [1.807, 2.05) is 26.2 Å². The first-order valence-electron chi connectivity index (χ1n) is 6.94. The van der Waals surface area contributed by atoms with Gasteiger partial charge in [0.2, 0.25) is 0 Å². The van der Waals surface area contributed by atoms with E-state index in [9.17, 15) is 5.11 Å². The lowest BCUT2D eigenvalue weighted by Crippen LogP contribution is -2.25. The van der Waals surface area contributed by atoms with E-state index >= 15 is 0 Å². The Morgan fingerprint density at radius 3 is 3.00 bits per heavy atom. The number of aromatic hydroxyl groups is 1. The van der Waals surface area contributed by atoms with E-state index in [4.69, 9.17) is 4.74 Å². The van der Waals surface area contributed by atoms with E-state index in [0.717, 1.165) is 39.1 Å². The van der Waals surface area contributed by atoms with Crippen LogP contribution in [0.1, 0.15) is 23.6 Å². The van der Waals surface area contributed by atoms with Gasteiger partial charge in [0, 0.05) is 19.1 Å². The Morgan fingerprint density at radius 1 is 1.37 bits per heavy atom. The van der Waals surface area contributed by atoms with Crippen molar-refractivity contribution in [3.05, 3.63) is 29.3 Å². The van der Waals surface area contributed by atoms with Gasteiger partial charge < -0.3 is 20.1 Å². The Morgan fingerprint density at radius 2 is 2.21 bits per heavy atom. The van der Waals surface area contributed by atoms with Crippen molar-refractivity contribution in [1.82, 2.24) is 10.2 Å². The zero-order valence-electron chi connectivity index (χ0n) is 11.9. The molecular weight excluding hydrogens is 240 g/mol. The molecule has 0 bridgehead atoms. The quantitative estimate of drug-likeness (QED) is 0.733. The summed E-state index contributed by atoms with van der Waals surface area (Å²) < 4.78 is 5.57. The molecule has 0 amide bonds. The number of nitrogens with zero attached hydrogens (tertiary/aromatic N) is 1. The molecule has 1 atom stereocenters. The van der Waals surface area contributed by atoms with Crippen LogP contribution in [-0.2, 0) is 11.2 Å². The predicted octanol–water partition coefficient (Wildman–Crippen LogP) is 1.55. The number of fused-ring (bicyclic) bond motifs is 1. The Balaban J connectivity index is 1.69. The second-order valence-corrected chi connectivity index (χ2v) is 5.34. The molecule has 0 aliphatic heterocycles. The van der Waals surface area contributed by atoms with Gasteiger partial charge in [-0.25, -0.2) is 0 Å². The summed E-state index contributed by atoms with van der Waals surface area (Å²) >= 11 is 0. The molecule has 1 aromatic rings. The average molecular weight is 264 g/mol. The van der Waals surface area contributed by atoms with E-state index in [1.54, 1.807) is 6.07 Å². The molecule has 2 N–H and O–H groups in total. The van der Waals surface area contributed by atoms with Crippen LogP contribution in [0.25, 0.3) is 0 Å². The minimum Gasteiger partial charge on any atom is -0.508 e. The van der Waals surface area contributed by atoms with Gasteiger partial charge >= 0.3 is 0 Å². The van der Waals surface area contributed by atoms with Crippen molar-refractivity contribution in [3.63, 3.8) is 0 Å². The van der Waals surface area contributed by atoms with Gasteiger partial charge in [-0.2, -0.15) is 0 Å². The van der Waals surface area contributed by atoms with Gasteiger partial charge in [-0.3, -0.25) is 0 Å². The fraction of sp³-hybridized carbons (Fsp3) is 0.600. The van der Waals surface area contributed by atoms with Crippen LogP contribution in [0.15, 0.2) is 18.2 Å². The minimum absolute atomic E-state index is 0.367. The van der Waals surface area contributed by atoms with E-state index in [0.29, 0.717) is 11.8 Å². The van der Waals surface area contributed by atoms with E-state index in [1.165, 1.54) is 11.1 Å². The van der Waals surface area contributed by atoms with Crippen molar-refractivity contribution in [2.45, 2.75) is 18.9 Å². The van der Waals surface area contributed by atoms with Crippen LogP contribution in [0.5, 0.6) is 5.75 Å². The first kappa shape index (κ1) is 14.3. The summed E-state index contributed by atoms with van der Waals surface area (Å²) in [6, 6.07) is 6.09. The van der Waals surface area contributed by atoms with E-state index < -0.39 is 0 Å². The smallest absolute Gasteiger partial charge is 0.115 e. The van der Waals surface area contributed by atoms with Crippen LogP contribution in [0, 0.1) is 0 Å². The summed E-state index contributed by atoms with van der Waals surface area (Å²) in [6.07, 6.45) is 2.15. The third kappa shape index (κ3) is 4.20. The molecule has 0 spiro atoms. The maximum absolute atomic E-state index is 9.46. The Kier molecular flexibility index (Phi) is 5.19. The number of benzene rings is 1. The molecule has 0 aromatic heterocycles. The van der Waals surface area contributed by atoms with Gasteiger partial charge in [-0.15, -0.1) is 0 Å². The molecule has 0 saturated carbocycles. The minimum atomic E-state index is 0.367. The molecular formula is C15H24N2O2. The fourth-order valence-electron chi connectivity index (χ4n) is 2.47. The molecule has 1 aromatic carbocycles. The standard InChI is InChI=1S/C15H24N2O2/c1-17(2)8-10-19-9-7-16-15-6-3-12-11-13(18)4-5-14(12)15/h4-5,11,15-16,18H,3,6-10H2,1-2H3. The maximum atomic E-state index is 9.46. The number of likely N-dealkylation sites (N-methyl/N-ethyl adjacent to an activating group) is 1. The summed E-state index contributed by atoms with van der Waals surface area (Å²) in [7, 11) is 4.10. The van der Waals surface area contributed by atoms with Crippen molar-refractivity contribution in [2.75, 3.05) is 40.4 Å². The molecule has 1 aliphatic rings. The zero-order chi connectivity index (χ0) is 13.7. The Labute approximate surface area is 115 Å². The van der Waals surface area contributed by atoms with Crippen LogP contribution in [-0.4, -0.2) is 50.4 Å². The largest absolute Gasteiger partial charge is 0.508 e. The Hall–Kier alpha value is -1.10. The van der Waals surface area contributed by atoms with Gasteiger partial charge in [-0.1, -0.05) is 6.07 Å². The SMILES string of the molecule is CN(C)CCOCCNC1CCc2cc(O)ccc21. The summed E-state index contributed by atoms with van der Waals surface area (Å²) in [5.74, 6) is 0.367. The molecule has 0 radical (unpaired) electrons. The van der Waals surface area contributed by atoms with Crippen LogP contribution < -0.4 is 5.32 Å². The van der Waals surface area contributed by atoms with Crippen LogP contribution >= 0.6 is 0 Å². The van der Waals surface area contributed by atoms with Crippen LogP contribution in [0.4, 0.5) is 0 Å². The fourth-order valence-corrected chi connectivity index (χ4v) is 2.47. The normalized spacial score (nSPS) is 17.9. The number of hydrogen-bond donors (Lipinski definition) is 2. The molecule has 19 heavy (non-hydrogen) atoms. The van der Waals surface area contributed by atoms with Crippen molar-refractivity contribution < 1.29 is 9.84 Å². The second kappa shape index (κ2) is 6.89. The lowest BCUT2D eigenvalue weighted by molar-refractivity contribution is 0.117. The topological polar surface area (TPSA) is 44.7 Å². The number of phenols is 1. The van der Waals surface area contributed by atoms with Gasteiger partial charge in [0.1, 0.15) is 5.75 Å². The van der Waals surface area contributed by atoms with Crippen molar-refractivity contribution in [3.8, 4) is 5.75 Å². The third-order valence-electron chi connectivity index (χ3n) is 3.52. The van der Waals surface area contributed by atoms with Gasteiger partial charge in [0.05, 0.1) is 13.2 Å². The maximum Gasteiger partial charge on any atom is 0.115 e. The average Bonchev–Trinajstić information content (AvgIpc) is 2.75. The molecule has 0 fully saturated rings. The van der Waals surface area contributed by atoms with Crippen molar-refractivity contribution in [1.29, 1.82) is 0 Å². The highest BCUT2D eigenvalue weighted by Crippen LogP contribution is 2.32. The molecule has 4 heteroatoms. The number of nitrogens with one attached hydrogen (secondary N) is 1. The molecule has 106 valence electrons. The molecule has 0 saturated heterocycles. The summed E-state index contributed by atoms with van der Waals surface area (Å²) in [5.41, 5.74) is 2.59. The van der Waals surface area contributed by atoms with Crippen molar-refractivity contribution >= 4 is 0 Å². The lowest BCUT2D eigenvalue weighted by atomic mass is 10.1. The first-order chi connectivity index (χ1) is 9.16. The van der Waals surface area contributed by atoms with Crippen molar-refractivity contribution in [2.24, 2.45) is 0 Å². The molecule has 4 nitrogen and oxygen atoms in total. The van der Waals surface area contributed by atoms with E-state index in [-0.39, 0.29) is 0 Å². The summed E-state index contributed by atoms with van der Waals surface area (Å²) in [4.78, 5) is 2.12. The zero-order valence-corrected chi connectivity index (χ0v) is 11.9. The molecule has 1 aliphatic carbocycles. The summed E-state index contributed by atoms with van der Waals surface area (Å²) in [6.45, 7) is 3.37. The third-order valence-corrected chi connectivity index (χ3v) is 3.52. The predicted molar refractivity (Wildman–Crippen MR) is 76.5 cm³/mol. The van der Waals surface area contributed by atoms with Crippen LogP contribution in [0.2, 0.25) is 0 Å². The number of phenolic OH excluding ortho intramolecular Hbond substituents is 1. The first-order valence-corrected chi connectivity index (χ1v) is 6.94. The summed E-state index contributed by atoms with van der Waals surface area (Å²) in [5, 5.41) is 13.0. The Bertz CT molecular complexity index is 407. The highest BCUT2D eigenvalue weighted by Gasteiger charge is 2.21. The monoisotopic (exact) mass is 264 g/mol. The second-order valence-electron chi connectivity index (χ2n) is 5.34. The number of aryl methyl sites for hydroxylation is 1. The van der Waals surface area contributed by atoms with Crippen LogP contribution in [0.3, 0.4) is 0 Å². The highest BCUT2D eigenvalue weighted by molar-refractivity contribution is 5.39. The van der Waals surface area contributed by atoms with Gasteiger partial charge in [-0.05, 0) is 50.2 Å². The molecule has 0 heterocycles. The molecule has 1 unspecified atom stereocenters. The number of hydrogen-bond acceptors (Lipinski definition) is 4.